The summed E-state index contributed by atoms with van der Waals surface area (Å²) in [5.41, 5.74) is 3.06. The molecule has 0 bridgehead atoms. The monoisotopic (exact) mass is 391 g/mol. The number of nitrogens with one attached hydrogen (secondary N) is 1. The molecule has 7 heteroatoms. The van der Waals surface area contributed by atoms with E-state index >= 15 is 0 Å². The number of Topliss-reactive ketones (excluding diaryl/α,β-unsaturated/α-hetero) is 1. The SMILES string of the molecule is CC(=O)[C@H](Cc1ccccc1)NC(=O)Cn1nnc(-c2ccc(C(C)C)cc2)n1. The molecule has 0 aliphatic heterocycles. The number of nitrogens with zero attached hydrogens (tertiary/aromatic N) is 4. The molecular weight excluding hydrogens is 366 g/mol. The van der Waals surface area contributed by atoms with E-state index in [9.17, 15) is 9.59 Å². The lowest BCUT2D eigenvalue weighted by atomic mass is 10.0. The molecule has 29 heavy (non-hydrogen) atoms. The molecule has 1 amide bonds. The lowest BCUT2D eigenvalue weighted by Gasteiger charge is -2.15. The van der Waals surface area contributed by atoms with Crippen LogP contribution in [0.4, 0.5) is 0 Å². The molecule has 0 aliphatic rings. The number of ketones is 1. The molecule has 1 atom stereocenters. The van der Waals surface area contributed by atoms with Crippen LogP contribution in [0.3, 0.4) is 0 Å². The fraction of sp³-hybridized carbons (Fsp3) is 0.318. The van der Waals surface area contributed by atoms with E-state index in [1.165, 1.54) is 17.3 Å². The van der Waals surface area contributed by atoms with Crippen LogP contribution < -0.4 is 5.32 Å². The Balaban J connectivity index is 1.62. The average Bonchev–Trinajstić information content (AvgIpc) is 3.16. The summed E-state index contributed by atoms with van der Waals surface area (Å²) in [5, 5.41) is 15.0. The van der Waals surface area contributed by atoms with Crippen LogP contribution in [0, 0.1) is 0 Å². The highest BCUT2D eigenvalue weighted by atomic mass is 16.2. The largest absolute Gasteiger partial charge is 0.344 e. The van der Waals surface area contributed by atoms with E-state index in [0.717, 1.165) is 11.1 Å². The fourth-order valence-corrected chi connectivity index (χ4v) is 2.96. The summed E-state index contributed by atoms with van der Waals surface area (Å²) in [5.74, 6) is 0.474. The summed E-state index contributed by atoms with van der Waals surface area (Å²) in [4.78, 5) is 25.6. The number of hydrogen-bond donors (Lipinski definition) is 1. The average molecular weight is 391 g/mol. The predicted octanol–water partition coefficient (Wildman–Crippen LogP) is 2.78. The van der Waals surface area contributed by atoms with E-state index in [1.807, 2.05) is 54.6 Å². The first kappa shape index (κ1) is 20.4. The van der Waals surface area contributed by atoms with Gasteiger partial charge in [0.2, 0.25) is 11.7 Å². The molecule has 150 valence electrons. The molecule has 2 aromatic carbocycles. The minimum Gasteiger partial charge on any atom is -0.344 e. The Bertz CT molecular complexity index is 964. The molecule has 3 aromatic rings. The Hall–Kier alpha value is -3.35. The second-order valence-corrected chi connectivity index (χ2v) is 7.34. The smallest absolute Gasteiger partial charge is 0.244 e. The topological polar surface area (TPSA) is 89.8 Å². The maximum absolute atomic E-state index is 12.4. The standard InChI is InChI=1S/C22H25N5O2/c1-15(2)18-9-11-19(12-10-18)22-24-26-27(25-22)14-21(29)23-20(16(3)28)13-17-7-5-4-6-8-17/h4-12,15,20H,13-14H2,1-3H3,(H,23,29)/t20-/m0/s1. The molecule has 3 rings (SSSR count). The van der Waals surface area contributed by atoms with Crippen LogP contribution >= 0.6 is 0 Å². The van der Waals surface area contributed by atoms with Crippen molar-refractivity contribution < 1.29 is 9.59 Å². The Kier molecular flexibility index (Phi) is 6.49. The van der Waals surface area contributed by atoms with Crippen molar-refractivity contribution in [3.63, 3.8) is 0 Å². The van der Waals surface area contributed by atoms with Crippen molar-refractivity contribution in [3.8, 4) is 11.4 Å². The van der Waals surface area contributed by atoms with Gasteiger partial charge >= 0.3 is 0 Å². The van der Waals surface area contributed by atoms with Gasteiger partial charge in [-0.05, 0) is 35.6 Å². The Morgan fingerprint density at radius 2 is 1.72 bits per heavy atom. The van der Waals surface area contributed by atoms with Gasteiger partial charge in [-0.15, -0.1) is 10.2 Å². The molecule has 1 N–H and O–H groups in total. The van der Waals surface area contributed by atoms with Crippen LogP contribution in [0.2, 0.25) is 0 Å². The molecule has 1 heterocycles. The zero-order chi connectivity index (χ0) is 20.8. The first-order valence-corrected chi connectivity index (χ1v) is 9.64. The minimum atomic E-state index is -0.587. The van der Waals surface area contributed by atoms with E-state index in [0.29, 0.717) is 18.2 Å². The van der Waals surface area contributed by atoms with Gasteiger partial charge in [0, 0.05) is 5.56 Å². The second kappa shape index (κ2) is 9.23. The molecule has 7 nitrogen and oxygen atoms in total. The summed E-state index contributed by atoms with van der Waals surface area (Å²) in [6.07, 6.45) is 0.445. The normalized spacial score (nSPS) is 12.0. The van der Waals surface area contributed by atoms with Crippen LogP contribution in [0.25, 0.3) is 11.4 Å². The van der Waals surface area contributed by atoms with Gasteiger partial charge in [-0.3, -0.25) is 9.59 Å². The van der Waals surface area contributed by atoms with Crippen LogP contribution in [0.1, 0.15) is 37.8 Å². The summed E-state index contributed by atoms with van der Waals surface area (Å²) in [6, 6.07) is 17.0. The number of rotatable bonds is 8. The third-order valence-corrected chi connectivity index (χ3v) is 4.68. The molecule has 0 saturated carbocycles. The minimum absolute atomic E-state index is 0.0975. The van der Waals surface area contributed by atoms with Gasteiger partial charge in [0.05, 0.1) is 6.04 Å². The van der Waals surface area contributed by atoms with Crippen molar-refractivity contribution in [3.05, 3.63) is 65.7 Å². The number of carbonyl (C=O) groups is 2. The maximum Gasteiger partial charge on any atom is 0.244 e. The van der Waals surface area contributed by atoms with Crippen molar-refractivity contribution in [2.75, 3.05) is 0 Å². The van der Waals surface area contributed by atoms with Gasteiger partial charge in [0.15, 0.2) is 5.78 Å². The Labute approximate surface area is 170 Å². The first-order valence-electron chi connectivity index (χ1n) is 9.64. The van der Waals surface area contributed by atoms with E-state index in [2.05, 4.69) is 34.6 Å². The Morgan fingerprint density at radius 3 is 2.34 bits per heavy atom. The molecule has 0 unspecified atom stereocenters. The number of amides is 1. The number of benzene rings is 2. The molecule has 0 aliphatic carbocycles. The lowest BCUT2D eigenvalue weighted by molar-refractivity contribution is -0.127. The van der Waals surface area contributed by atoms with Crippen LogP contribution in [-0.4, -0.2) is 37.9 Å². The quantitative estimate of drug-likeness (QED) is 0.638. The zero-order valence-corrected chi connectivity index (χ0v) is 16.9. The van der Waals surface area contributed by atoms with Crippen molar-refractivity contribution in [2.45, 2.75) is 45.7 Å². The first-order chi connectivity index (χ1) is 13.9. The summed E-state index contributed by atoms with van der Waals surface area (Å²) in [7, 11) is 0. The predicted molar refractivity (Wildman–Crippen MR) is 110 cm³/mol. The Morgan fingerprint density at radius 1 is 1.03 bits per heavy atom. The van der Waals surface area contributed by atoms with Gasteiger partial charge in [-0.25, -0.2) is 0 Å². The van der Waals surface area contributed by atoms with E-state index in [-0.39, 0.29) is 18.2 Å². The van der Waals surface area contributed by atoms with E-state index < -0.39 is 6.04 Å². The fourth-order valence-electron chi connectivity index (χ4n) is 2.96. The highest BCUT2D eigenvalue weighted by Gasteiger charge is 2.18. The van der Waals surface area contributed by atoms with Gasteiger partial charge in [-0.1, -0.05) is 68.4 Å². The van der Waals surface area contributed by atoms with Gasteiger partial charge in [0.1, 0.15) is 6.54 Å². The van der Waals surface area contributed by atoms with Crippen molar-refractivity contribution in [1.82, 2.24) is 25.5 Å². The number of aromatic nitrogens is 4. The van der Waals surface area contributed by atoms with Crippen LogP contribution in [0.15, 0.2) is 54.6 Å². The van der Waals surface area contributed by atoms with Gasteiger partial charge < -0.3 is 5.32 Å². The highest BCUT2D eigenvalue weighted by Crippen LogP contribution is 2.19. The third kappa shape index (κ3) is 5.57. The van der Waals surface area contributed by atoms with Crippen molar-refractivity contribution >= 4 is 11.7 Å². The lowest BCUT2D eigenvalue weighted by Crippen LogP contribution is -2.43. The van der Waals surface area contributed by atoms with E-state index in [1.54, 1.807) is 0 Å². The second-order valence-electron chi connectivity index (χ2n) is 7.34. The number of hydrogen-bond acceptors (Lipinski definition) is 5. The van der Waals surface area contributed by atoms with Gasteiger partial charge in [0.25, 0.3) is 0 Å². The van der Waals surface area contributed by atoms with Crippen LogP contribution in [-0.2, 0) is 22.6 Å². The molecule has 0 radical (unpaired) electrons. The summed E-state index contributed by atoms with van der Waals surface area (Å²) in [6.45, 7) is 5.64. The van der Waals surface area contributed by atoms with Crippen LogP contribution in [0.5, 0.6) is 0 Å². The molecule has 1 aromatic heterocycles. The summed E-state index contributed by atoms with van der Waals surface area (Å²) >= 11 is 0. The summed E-state index contributed by atoms with van der Waals surface area (Å²) < 4.78 is 0. The number of carbonyl (C=O) groups excluding carboxylic acids is 2. The molecular formula is C22H25N5O2. The highest BCUT2D eigenvalue weighted by molar-refractivity contribution is 5.87. The van der Waals surface area contributed by atoms with E-state index in [4.69, 9.17) is 0 Å². The molecule has 0 saturated heterocycles. The zero-order valence-electron chi connectivity index (χ0n) is 16.9. The van der Waals surface area contributed by atoms with Crippen molar-refractivity contribution in [2.24, 2.45) is 0 Å². The number of tetrazole rings is 1. The van der Waals surface area contributed by atoms with Crippen molar-refractivity contribution in [1.29, 1.82) is 0 Å². The maximum atomic E-state index is 12.4. The van der Waals surface area contributed by atoms with Gasteiger partial charge in [-0.2, -0.15) is 4.80 Å². The molecule has 0 fully saturated rings. The molecule has 0 spiro atoms. The third-order valence-electron chi connectivity index (χ3n) is 4.68.